The van der Waals surface area contributed by atoms with Crippen LogP contribution in [-0.2, 0) is 24.5 Å². The zero-order chi connectivity index (χ0) is 18.7. The second-order valence-corrected chi connectivity index (χ2v) is 7.41. The summed E-state index contributed by atoms with van der Waals surface area (Å²) in [5, 5.41) is 3.01. The molecule has 0 unspecified atom stereocenters. The number of hydrogen-bond donors (Lipinski definition) is 1. The molecule has 0 bridgehead atoms. The lowest BCUT2D eigenvalue weighted by Gasteiger charge is -2.31. The average Bonchev–Trinajstić information content (AvgIpc) is 3.08. The van der Waals surface area contributed by atoms with Gasteiger partial charge in [0.15, 0.2) is 0 Å². The van der Waals surface area contributed by atoms with Crippen LogP contribution in [-0.4, -0.2) is 24.8 Å². The number of amides is 1. The third kappa shape index (κ3) is 2.93. The van der Waals surface area contributed by atoms with Crippen molar-refractivity contribution >= 4 is 23.9 Å². The van der Waals surface area contributed by atoms with Gasteiger partial charge in [0.2, 0.25) is 5.91 Å². The van der Waals surface area contributed by atoms with E-state index in [0.717, 1.165) is 36.8 Å². The molecular weight excluding hydrogens is 330 g/mol. The quantitative estimate of drug-likeness (QED) is 0.599. The second-order valence-electron chi connectivity index (χ2n) is 7.41. The minimum Gasteiger partial charge on any atom is -0.466 e. The molecule has 0 radical (unpaired) electrons. The van der Waals surface area contributed by atoms with Gasteiger partial charge < -0.3 is 14.8 Å². The van der Waals surface area contributed by atoms with Crippen molar-refractivity contribution in [1.82, 2.24) is 0 Å². The van der Waals surface area contributed by atoms with E-state index in [1.807, 2.05) is 24.3 Å². The van der Waals surface area contributed by atoms with Crippen molar-refractivity contribution in [2.24, 2.45) is 17.8 Å². The van der Waals surface area contributed by atoms with E-state index in [1.54, 1.807) is 6.92 Å². The van der Waals surface area contributed by atoms with Crippen molar-refractivity contribution in [3.05, 3.63) is 29.8 Å². The highest BCUT2D eigenvalue weighted by molar-refractivity contribution is 6.07. The maximum Gasteiger partial charge on any atom is 0.306 e. The van der Waals surface area contributed by atoms with Gasteiger partial charge in [-0.1, -0.05) is 38.0 Å². The molecule has 1 saturated carbocycles. The number of aldehydes is 1. The van der Waals surface area contributed by atoms with Crippen LogP contribution in [0.1, 0.15) is 51.5 Å². The summed E-state index contributed by atoms with van der Waals surface area (Å²) in [7, 11) is 0. The number of esters is 1. The molecule has 1 amide bonds. The number of fused-ring (bicyclic) bond motifs is 2. The predicted octanol–water partition coefficient (Wildman–Crippen LogP) is 3.47. The Morgan fingerprint density at radius 2 is 2.12 bits per heavy atom. The van der Waals surface area contributed by atoms with E-state index < -0.39 is 5.41 Å². The SMILES string of the molecule is CCCC[C@@H]1[C@@H](C=O)[C@H](CC(=O)OCC)C[C@]12C(=O)Nc1ccccc12. The van der Waals surface area contributed by atoms with Crippen LogP contribution in [0.4, 0.5) is 5.69 Å². The Morgan fingerprint density at radius 1 is 1.35 bits per heavy atom. The molecule has 1 aromatic carbocycles. The maximum atomic E-state index is 13.1. The first-order chi connectivity index (χ1) is 12.6. The molecule has 4 atom stereocenters. The van der Waals surface area contributed by atoms with Crippen molar-refractivity contribution in [1.29, 1.82) is 0 Å². The molecule has 0 saturated heterocycles. The van der Waals surface area contributed by atoms with Crippen LogP contribution in [0.2, 0.25) is 0 Å². The molecule has 1 spiro atoms. The van der Waals surface area contributed by atoms with E-state index in [2.05, 4.69) is 12.2 Å². The molecule has 26 heavy (non-hydrogen) atoms. The van der Waals surface area contributed by atoms with E-state index in [-0.39, 0.29) is 36.1 Å². The van der Waals surface area contributed by atoms with Gasteiger partial charge in [-0.3, -0.25) is 9.59 Å². The Morgan fingerprint density at radius 3 is 2.81 bits per heavy atom. The van der Waals surface area contributed by atoms with E-state index >= 15 is 0 Å². The third-order valence-corrected chi connectivity index (χ3v) is 6.05. The van der Waals surface area contributed by atoms with Crippen molar-refractivity contribution in [3.8, 4) is 0 Å². The molecule has 1 heterocycles. The summed E-state index contributed by atoms with van der Waals surface area (Å²) in [6.45, 7) is 4.21. The molecule has 1 N–H and O–H groups in total. The number of hydrogen-bond acceptors (Lipinski definition) is 4. The van der Waals surface area contributed by atoms with Gasteiger partial charge in [-0.15, -0.1) is 0 Å². The Balaban J connectivity index is 2.01. The standard InChI is InChI=1S/C21H27NO4/c1-3-5-8-16-15(13-23)14(11-19(24)26-4-2)12-21(16)17-9-6-7-10-18(17)22-20(21)25/h6-7,9-10,13-16H,3-5,8,11-12H2,1-2H3,(H,22,25)/t14-,15+,16-,21+/m1/s1. The van der Waals surface area contributed by atoms with E-state index in [4.69, 9.17) is 4.74 Å². The normalized spacial score (nSPS) is 29.5. The van der Waals surface area contributed by atoms with Crippen LogP contribution in [0, 0.1) is 17.8 Å². The summed E-state index contributed by atoms with van der Waals surface area (Å²) in [6, 6.07) is 7.74. The lowest BCUT2D eigenvalue weighted by atomic mass is 9.69. The molecule has 140 valence electrons. The highest BCUT2D eigenvalue weighted by atomic mass is 16.5. The van der Waals surface area contributed by atoms with Gasteiger partial charge in [-0.05, 0) is 43.2 Å². The monoisotopic (exact) mass is 357 g/mol. The number of carbonyl (C=O) groups is 3. The summed E-state index contributed by atoms with van der Waals surface area (Å²) in [5.74, 6) is -0.864. The van der Waals surface area contributed by atoms with Crippen LogP contribution in [0.3, 0.4) is 0 Å². The van der Waals surface area contributed by atoms with Gasteiger partial charge in [0.1, 0.15) is 6.29 Å². The summed E-state index contributed by atoms with van der Waals surface area (Å²) < 4.78 is 5.10. The molecule has 1 fully saturated rings. The van der Waals surface area contributed by atoms with Gasteiger partial charge >= 0.3 is 5.97 Å². The number of rotatable bonds is 7. The zero-order valence-corrected chi connectivity index (χ0v) is 15.5. The largest absolute Gasteiger partial charge is 0.466 e. The Hall–Kier alpha value is -2.17. The van der Waals surface area contributed by atoms with Gasteiger partial charge in [0.25, 0.3) is 0 Å². The predicted molar refractivity (Wildman–Crippen MR) is 98.7 cm³/mol. The smallest absolute Gasteiger partial charge is 0.306 e. The molecule has 1 aliphatic heterocycles. The molecule has 5 nitrogen and oxygen atoms in total. The van der Waals surface area contributed by atoms with Gasteiger partial charge in [0, 0.05) is 18.0 Å². The number of ether oxygens (including phenoxy) is 1. The lowest BCUT2D eigenvalue weighted by molar-refractivity contribution is -0.144. The molecule has 2 aliphatic rings. The van der Waals surface area contributed by atoms with Crippen molar-refractivity contribution in [2.75, 3.05) is 11.9 Å². The first-order valence-corrected chi connectivity index (χ1v) is 9.60. The molecule has 1 aliphatic carbocycles. The summed E-state index contributed by atoms with van der Waals surface area (Å²) in [5.41, 5.74) is 1.10. The van der Waals surface area contributed by atoms with Crippen LogP contribution in [0.5, 0.6) is 0 Å². The first kappa shape index (κ1) is 18.6. The van der Waals surface area contributed by atoms with Crippen LogP contribution in [0.15, 0.2) is 24.3 Å². The highest BCUT2D eigenvalue weighted by Gasteiger charge is 2.61. The zero-order valence-electron chi connectivity index (χ0n) is 15.5. The van der Waals surface area contributed by atoms with Crippen molar-refractivity contribution in [2.45, 2.75) is 51.4 Å². The Bertz CT molecular complexity index is 701. The fourth-order valence-corrected chi connectivity index (χ4v) is 4.98. The molecular formula is C21H27NO4. The van der Waals surface area contributed by atoms with Crippen LogP contribution >= 0.6 is 0 Å². The number of nitrogens with one attached hydrogen (secondary N) is 1. The number of carbonyl (C=O) groups excluding carboxylic acids is 3. The molecule has 0 aromatic heterocycles. The Kier molecular flexibility index (Phi) is 5.44. The average molecular weight is 357 g/mol. The first-order valence-electron chi connectivity index (χ1n) is 9.60. The topological polar surface area (TPSA) is 72.5 Å². The minimum absolute atomic E-state index is 0.0296. The van der Waals surface area contributed by atoms with E-state index in [1.165, 1.54) is 0 Å². The lowest BCUT2D eigenvalue weighted by Crippen LogP contribution is -2.40. The number of benzene rings is 1. The number of unbranched alkanes of at least 4 members (excludes halogenated alkanes) is 1. The van der Waals surface area contributed by atoms with Crippen molar-refractivity contribution in [3.63, 3.8) is 0 Å². The molecule has 1 aromatic rings. The van der Waals surface area contributed by atoms with E-state index in [0.29, 0.717) is 13.0 Å². The fraction of sp³-hybridized carbons (Fsp3) is 0.571. The molecule has 5 heteroatoms. The summed E-state index contributed by atoms with van der Waals surface area (Å²) in [6.07, 6.45) is 4.44. The molecule has 3 rings (SSSR count). The van der Waals surface area contributed by atoms with Gasteiger partial charge in [-0.2, -0.15) is 0 Å². The summed E-state index contributed by atoms with van der Waals surface area (Å²) >= 11 is 0. The van der Waals surface area contributed by atoms with Crippen molar-refractivity contribution < 1.29 is 19.1 Å². The van der Waals surface area contributed by atoms with Gasteiger partial charge in [0.05, 0.1) is 12.0 Å². The third-order valence-electron chi connectivity index (χ3n) is 6.05. The minimum atomic E-state index is -0.714. The summed E-state index contributed by atoms with van der Waals surface area (Å²) in [4.78, 5) is 37.2. The van der Waals surface area contributed by atoms with Crippen LogP contribution in [0.25, 0.3) is 0 Å². The van der Waals surface area contributed by atoms with Crippen LogP contribution < -0.4 is 5.32 Å². The number of anilines is 1. The maximum absolute atomic E-state index is 13.1. The highest BCUT2D eigenvalue weighted by Crippen LogP contribution is 2.58. The number of para-hydroxylation sites is 1. The second kappa shape index (κ2) is 7.60. The van der Waals surface area contributed by atoms with Gasteiger partial charge in [-0.25, -0.2) is 0 Å². The van der Waals surface area contributed by atoms with E-state index in [9.17, 15) is 14.4 Å². The fourth-order valence-electron chi connectivity index (χ4n) is 4.98. The Labute approximate surface area is 154 Å².